The molecular formula is C13H16FN3O. The molecule has 0 aliphatic carbocycles. The molecule has 1 heterocycles. The Balaban J connectivity index is 2.02. The first kappa shape index (κ1) is 12.6. The van der Waals surface area contributed by atoms with Gasteiger partial charge in [-0.15, -0.1) is 0 Å². The second-order valence-corrected chi connectivity index (χ2v) is 4.07. The molecule has 2 N–H and O–H groups in total. The fourth-order valence-corrected chi connectivity index (χ4v) is 1.73. The monoisotopic (exact) mass is 249 g/mol. The number of rotatable bonds is 5. The van der Waals surface area contributed by atoms with Gasteiger partial charge >= 0.3 is 0 Å². The van der Waals surface area contributed by atoms with Crippen LogP contribution in [0.2, 0.25) is 0 Å². The van der Waals surface area contributed by atoms with Gasteiger partial charge in [-0.25, -0.2) is 4.39 Å². The number of aromatic amines is 1. The molecule has 4 nitrogen and oxygen atoms in total. The van der Waals surface area contributed by atoms with E-state index in [1.54, 1.807) is 24.4 Å². The summed E-state index contributed by atoms with van der Waals surface area (Å²) in [4.78, 5) is 0. The highest BCUT2D eigenvalue weighted by atomic mass is 19.1. The number of aromatic nitrogens is 2. The van der Waals surface area contributed by atoms with Crippen molar-refractivity contribution in [3.8, 4) is 5.75 Å². The molecule has 0 fully saturated rings. The zero-order valence-electron chi connectivity index (χ0n) is 10.4. The molecule has 0 saturated heterocycles. The Labute approximate surface area is 105 Å². The smallest absolute Gasteiger partial charge is 0.169 e. The van der Waals surface area contributed by atoms with Gasteiger partial charge in [0.1, 0.15) is 0 Å². The van der Waals surface area contributed by atoms with E-state index in [0.717, 1.165) is 5.56 Å². The van der Waals surface area contributed by atoms with Gasteiger partial charge in [0.15, 0.2) is 11.6 Å². The Morgan fingerprint density at radius 1 is 1.50 bits per heavy atom. The number of methoxy groups -OCH3 is 1. The summed E-state index contributed by atoms with van der Waals surface area (Å²) in [6.45, 7) is 2.44. The number of benzene rings is 1. The van der Waals surface area contributed by atoms with E-state index < -0.39 is 0 Å². The SMILES string of the molecule is COc1cccc(CNC(C)c2cn[nH]c2)c1F. The first-order chi connectivity index (χ1) is 8.72. The second-order valence-electron chi connectivity index (χ2n) is 4.07. The van der Waals surface area contributed by atoms with Gasteiger partial charge in [0.25, 0.3) is 0 Å². The van der Waals surface area contributed by atoms with Crippen molar-refractivity contribution < 1.29 is 9.13 Å². The van der Waals surface area contributed by atoms with E-state index in [0.29, 0.717) is 12.1 Å². The second kappa shape index (κ2) is 5.64. The largest absolute Gasteiger partial charge is 0.494 e. The third-order valence-electron chi connectivity index (χ3n) is 2.88. The zero-order valence-corrected chi connectivity index (χ0v) is 10.4. The number of nitrogens with one attached hydrogen (secondary N) is 2. The van der Waals surface area contributed by atoms with E-state index in [4.69, 9.17) is 4.74 Å². The Morgan fingerprint density at radius 2 is 2.33 bits per heavy atom. The van der Waals surface area contributed by atoms with Crippen molar-refractivity contribution in [3.05, 3.63) is 47.5 Å². The molecule has 1 aromatic carbocycles. The molecule has 5 heteroatoms. The summed E-state index contributed by atoms with van der Waals surface area (Å²) in [6, 6.07) is 5.24. The Morgan fingerprint density at radius 3 is 3.00 bits per heavy atom. The summed E-state index contributed by atoms with van der Waals surface area (Å²) in [6.07, 6.45) is 3.57. The fraction of sp³-hybridized carbons (Fsp3) is 0.308. The van der Waals surface area contributed by atoms with Crippen LogP contribution in [0.25, 0.3) is 0 Å². The number of hydrogen-bond acceptors (Lipinski definition) is 3. The van der Waals surface area contributed by atoms with Gasteiger partial charge in [-0.3, -0.25) is 5.10 Å². The van der Waals surface area contributed by atoms with Crippen LogP contribution in [0.4, 0.5) is 4.39 Å². The van der Waals surface area contributed by atoms with E-state index in [-0.39, 0.29) is 17.6 Å². The predicted molar refractivity (Wildman–Crippen MR) is 66.8 cm³/mol. The van der Waals surface area contributed by atoms with Crippen molar-refractivity contribution in [2.75, 3.05) is 7.11 Å². The van der Waals surface area contributed by atoms with Crippen LogP contribution < -0.4 is 10.1 Å². The molecule has 2 aromatic rings. The van der Waals surface area contributed by atoms with Crippen molar-refractivity contribution in [1.82, 2.24) is 15.5 Å². The van der Waals surface area contributed by atoms with Crippen LogP contribution in [0.15, 0.2) is 30.6 Å². The van der Waals surface area contributed by atoms with Crippen LogP contribution in [0.3, 0.4) is 0 Å². The van der Waals surface area contributed by atoms with Crippen molar-refractivity contribution in [2.45, 2.75) is 19.5 Å². The van der Waals surface area contributed by atoms with Gasteiger partial charge in [0, 0.05) is 29.9 Å². The van der Waals surface area contributed by atoms with Gasteiger partial charge in [-0.2, -0.15) is 5.10 Å². The molecule has 96 valence electrons. The summed E-state index contributed by atoms with van der Waals surface area (Å²) in [5.74, 6) is -0.0443. The van der Waals surface area contributed by atoms with Crippen LogP contribution in [0.5, 0.6) is 5.75 Å². The average Bonchev–Trinajstić information content (AvgIpc) is 2.91. The predicted octanol–water partition coefficient (Wildman–Crippen LogP) is 2.41. The molecule has 1 aromatic heterocycles. The van der Waals surface area contributed by atoms with Gasteiger partial charge in [-0.1, -0.05) is 12.1 Å². The quantitative estimate of drug-likeness (QED) is 0.855. The topological polar surface area (TPSA) is 49.9 Å². The van der Waals surface area contributed by atoms with E-state index >= 15 is 0 Å². The first-order valence-corrected chi connectivity index (χ1v) is 5.76. The molecule has 0 bridgehead atoms. The molecule has 0 spiro atoms. The summed E-state index contributed by atoms with van der Waals surface area (Å²) in [7, 11) is 1.46. The van der Waals surface area contributed by atoms with Gasteiger partial charge in [-0.05, 0) is 13.0 Å². The summed E-state index contributed by atoms with van der Waals surface area (Å²) < 4.78 is 18.8. The molecule has 0 saturated carbocycles. The molecule has 0 aliphatic rings. The Hall–Kier alpha value is -1.88. The lowest BCUT2D eigenvalue weighted by molar-refractivity contribution is 0.382. The number of H-pyrrole nitrogens is 1. The lowest BCUT2D eigenvalue weighted by atomic mass is 10.1. The molecule has 18 heavy (non-hydrogen) atoms. The van der Waals surface area contributed by atoms with Crippen LogP contribution in [-0.2, 0) is 6.54 Å². The first-order valence-electron chi connectivity index (χ1n) is 5.76. The van der Waals surface area contributed by atoms with Crippen molar-refractivity contribution in [2.24, 2.45) is 0 Å². The van der Waals surface area contributed by atoms with Gasteiger partial charge in [0.05, 0.1) is 13.3 Å². The minimum atomic E-state index is -0.313. The zero-order chi connectivity index (χ0) is 13.0. The number of ether oxygens (including phenoxy) is 1. The highest BCUT2D eigenvalue weighted by Crippen LogP contribution is 2.20. The van der Waals surface area contributed by atoms with Crippen molar-refractivity contribution >= 4 is 0 Å². The van der Waals surface area contributed by atoms with Gasteiger partial charge < -0.3 is 10.1 Å². The minimum Gasteiger partial charge on any atom is -0.494 e. The minimum absolute atomic E-state index is 0.106. The standard InChI is InChI=1S/C13H16FN3O/c1-9(11-7-16-17-8-11)15-6-10-4-3-5-12(18-2)13(10)14/h3-5,7-9,15H,6H2,1-2H3,(H,16,17). The van der Waals surface area contributed by atoms with Gasteiger partial charge in [0.2, 0.25) is 0 Å². The van der Waals surface area contributed by atoms with Crippen LogP contribution in [0, 0.1) is 5.82 Å². The molecule has 2 rings (SSSR count). The third-order valence-corrected chi connectivity index (χ3v) is 2.88. The normalized spacial score (nSPS) is 12.4. The molecule has 0 aliphatic heterocycles. The molecule has 0 radical (unpaired) electrons. The lowest BCUT2D eigenvalue weighted by Crippen LogP contribution is -2.18. The fourth-order valence-electron chi connectivity index (χ4n) is 1.73. The molecular weight excluding hydrogens is 233 g/mol. The van der Waals surface area contributed by atoms with Crippen molar-refractivity contribution in [3.63, 3.8) is 0 Å². The van der Waals surface area contributed by atoms with E-state index in [9.17, 15) is 4.39 Å². The number of nitrogens with zero attached hydrogens (tertiary/aromatic N) is 1. The number of hydrogen-bond donors (Lipinski definition) is 2. The van der Waals surface area contributed by atoms with Crippen LogP contribution in [-0.4, -0.2) is 17.3 Å². The Kier molecular flexibility index (Phi) is 3.94. The summed E-state index contributed by atoms with van der Waals surface area (Å²) in [5, 5.41) is 9.88. The van der Waals surface area contributed by atoms with E-state index in [1.165, 1.54) is 7.11 Å². The van der Waals surface area contributed by atoms with Crippen LogP contribution >= 0.6 is 0 Å². The average molecular weight is 249 g/mol. The molecule has 1 atom stereocenters. The molecule has 0 amide bonds. The maximum absolute atomic E-state index is 13.9. The third kappa shape index (κ3) is 2.68. The van der Waals surface area contributed by atoms with E-state index in [1.807, 2.05) is 13.1 Å². The Bertz CT molecular complexity index is 499. The highest BCUT2D eigenvalue weighted by molar-refractivity contribution is 5.31. The maximum Gasteiger partial charge on any atom is 0.169 e. The maximum atomic E-state index is 13.9. The number of halogens is 1. The van der Waals surface area contributed by atoms with Crippen molar-refractivity contribution in [1.29, 1.82) is 0 Å². The lowest BCUT2D eigenvalue weighted by Gasteiger charge is -2.13. The van der Waals surface area contributed by atoms with E-state index in [2.05, 4.69) is 15.5 Å². The summed E-state index contributed by atoms with van der Waals surface area (Å²) >= 11 is 0. The highest BCUT2D eigenvalue weighted by Gasteiger charge is 2.10. The van der Waals surface area contributed by atoms with Crippen LogP contribution in [0.1, 0.15) is 24.1 Å². The summed E-state index contributed by atoms with van der Waals surface area (Å²) in [5.41, 5.74) is 1.63. The molecule has 1 unspecified atom stereocenters.